The van der Waals surface area contributed by atoms with Crippen LogP contribution < -0.4 is 5.32 Å². The van der Waals surface area contributed by atoms with Gasteiger partial charge in [-0.05, 0) is 58.2 Å². The minimum atomic E-state index is 0.291. The zero-order valence-electron chi connectivity index (χ0n) is 11.7. The van der Waals surface area contributed by atoms with Crippen LogP contribution in [-0.4, -0.2) is 62.0 Å². The molecule has 1 N–H and O–H groups in total. The van der Waals surface area contributed by atoms with Crippen molar-refractivity contribution in [1.29, 1.82) is 0 Å². The lowest BCUT2D eigenvalue weighted by molar-refractivity contribution is -0.131. The molecule has 0 spiro atoms. The molecule has 0 aromatic heterocycles. The van der Waals surface area contributed by atoms with Gasteiger partial charge < -0.3 is 15.1 Å². The molecule has 0 bridgehead atoms. The van der Waals surface area contributed by atoms with Crippen LogP contribution in [0.2, 0.25) is 0 Å². The highest BCUT2D eigenvalue weighted by molar-refractivity contribution is 5.78. The van der Waals surface area contributed by atoms with Crippen molar-refractivity contribution in [2.45, 2.75) is 32.1 Å². The first-order valence-electron chi connectivity index (χ1n) is 7.43. The van der Waals surface area contributed by atoms with Crippen LogP contribution in [0.1, 0.15) is 32.1 Å². The second-order valence-corrected chi connectivity index (χ2v) is 5.84. The van der Waals surface area contributed by atoms with Crippen molar-refractivity contribution in [2.24, 2.45) is 5.92 Å². The largest absolute Gasteiger partial charge is 0.342 e. The van der Waals surface area contributed by atoms with E-state index in [4.69, 9.17) is 0 Å². The number of nitrogens with zero attached hydrogens (tertiary/aromatic N) is 2. The van der Waals surface area contributed by atoms with Crippen molar-refractivity contribution in [3.63, 3.8) is 0 Å². The lowest BCUT2D eigenvalue weighted by Crippen LogP contribution is -2.43. The molecule has 2 aliphatic heterocycles. The Morgan fingerprint density at radius 2 is 1.94 bits per heavy atom. The molecule has 0 aromatic carbocycles. The van der Waals surface area contributed by atoms with Crippen LogP contribution in [0.5, 0.6) is 0 Å². The molecule has 1 amide bonds. The van der Waals surface area contributed by atoms with E-state index >= 15 is 0 Å². The van der Waals surface area contributed by atoms with Crippen molar-refractivity contribution in [3.8, 4) is 0 Å². The molecule has 1 atom stereocenters. The third-order valence-electron chi connectivity index (χ3n) is 4.14. The van der Waals surface area contributed by atoms with E-state index in [0.717, 1.165) is 25.6 Å². The van der Waals surface area contributed by atoms with Crippen LogP contribution in [-0.2, 0) is 4.79 Å². The van der Waals surface area contributed by atoms with Gasteiger partial charge in [-0.1, -0.05) is 0 Å². The van der Waals surface area contributed by atoms with Gasteiger partial charge in [0, 0.05) is 19.6 Å². The molecule has 4 heteroatoms. The summed E-state index contributed by atoms with van der Waals surface area (Å²) in [6.07, 6.45) is 6.24. The molecule has 1 unspecified atom stereocenters. The van der Waals surface area contributed by atoms with Gasteiger partial charge in [0.2, 0.25) is 5.91 Å². The number of piperidine rings is 2. The first-order valence-corrected chi connectivity index (χ1v) is 7.43. The smallest absolute Gasteiger partial charge is 0.236 e. The van der Waals surface area contributed by atoms with Gasteiger partial charge in [-0.3, -0.25) is 4.79 Å². The van der Waals surface area contributed by atoms with Crippen LogP contribution >= 0.6 is 0 Å². The van der Waals surface area contributed by atoms with E-state index in [0.29, 0.717) is 12.5 Å². The zero-order valence-corrected chi connectivity index (χ0v) is 11.7. The number of rotatable bonds is 4. The van der Waals surface area contributed by atoms with Gasteiger partial charge in [-0.25, -0.2) is 0 Å². The predicted octanol–water partition coefficient (Wildman–Crippen LogP) is 0.930. The fraction of sp³-hybridized carbons (Fsp3) is 0.929. The van der Waals surface area contributed by atoms with Crippen molar-refractivity contribution in [3.05, 3.63) is 0 Å². The summed E-state index contributed by atoms with van der Waals surface area (Å²) in [5.74, 6) is 1.01. The molecule has 2 rings (SSSR count). The molecular weight excluding hydrogens is 226 g/mol. The van der Waals surface area contributed by atoms with E-state index in [9.17, 15) is 4.79 Å². The topological polar surface area (TPSA) is 35.6 Å². The second kappa shape index (κ2) is 7.10. The Morgan fingerprint density at radius 3 is 2.67 bits per heavy atom. The van der Waals surface area contributed by atoms with Gasteiger partial charge in [0.05, 0.1) is 6.54 Å². The quantitative estimate of drug-likeness (QED) is 0.809. The minimum absolute atomic E-state index is 0.291. The summed E-state index contributed by atoms with van der Waals surface area (Å²) in [6.45, 7) is 5.84. The number of carbonyl (C=O) groups excluding carboxylic acids is 1. The first-order chi connectivity index (χ1) is 8.75. The maximum Gasteiger partial charge on any atom is 0.236 e. The number of hydrogen-bond donors (Lipinski definition) is 1. The maximum atomic E-state index is 12.0. The highest BCUT2D eigenvalue weighted by atomic mass is 16.2. The van der Waals surface area contributed by atoms with Crippen LogP contribution in [0.4, 0.5) is 0 Å². The highest BCUT2D eigenvalue weighted by Crippen LogP contribution is 2.14. The molecule has 0 radical (unpaired) electrons. The lowest BCUT2D eigenvalue weighted by atomic mass is 9.98. The second-order valence-electron chi connectivity index (χ2n) is 5.84. The standard InChI is InChI=1S/C14H27N3O/c1-16-7-5-6-13(12-16)10-15-11-14(18)17-8-3-2-4-9-17/h13,15H,2-12H2,1H3. The van der Waals surface area contributed by atoms with E-state index < -0.39 is 0 Å². The fourth-order valence-corrected chi connectivity index (χ4v) is 3.08. The Labute approximate surface area is 111 Å². The summed E-state index contributed by atoms with van der Waals surface area (Å²) in [7, 11) is 2.19. The lowest BCUT2D eigenvalue weighted by Gasteiger charge is -2.30. The highest BCUT2D eigenvalue weighted by Gasteiger charge is 2.19. The Kier molecular flexibility index (Phi) is 5.45. The minimum Gasteiger partial charge on any atom is -0.342 e. The normalized spacial score (nSPS) is 26.3. The molecule has 2 fully saturated rings. The number of carbonyl (C=O) groups is 1. The summed E-state index contributed by atoms with van der Waals surface area (Å²) in [6, 6.07) is 0. The number of hydrogen-bond acceptors (Lipinski definition) is 3. The Balaban J connectivity index is 1.60. The Bertz CT molecular complexity index is 264. The number of amides is 1. The predicted molar refractivity (Wildman–Crippen MR) is 73.5 cm³/mol. The number of nitrogens with one attached hydrogen (secondary N) is 1. The summed E-state index contributed by atoms with van der Waals surface area (Å²) >= 11 is 0. The van der Waals surface area contributed by atoms with Gasteiger partial charge in [0.1, 0.15) is 0 Å². The third kappa shape index (κ3) is 4.25. The summed E-state index contributed by atoms with van der Waals surface area (Å²) in [5, 5.41) is 3.35. The number of likely N-dealkylation sites (tertiary alicyclic amines) is 2. The molecule has 2 saturated heterocycles. The summed E-state index contributed by atoms with van der Waals surface area (Å²) in [4.78, 5) is 16.4. The molecule has 0 saturated carbocycles. The van der Waals surface area contributed by atoms with E-state index in [1.807, 2.05) is 4.90 Å². The van der Waals surface area contributed by atoms with Gasteiger partial charge in [0.15, 0.2) is 0 Å². The summed E-state index contributed by atoms with van der Waals surface area (Å²) in [5.41, 5.74) is 0. The van der Waals surface area contributed by atoms with Crippen LogP contribution in [0.25, 0.3) is 0 Å². The van der Waals surface area contributed by atoms with Gasteiger partial charge in [-0.15, -0.1) is 0 Å². The van der Waals surface area contributed by atoms with Crippen molar-refractivity contribution >= 4 is 5.91 Å². The van der Waals surface area contributed by atoms with Gasteiger partial charge in [0.25, 0.3) is 0 Å². The van der Waals surface area contributed by atoms with Crippen molar-refractivity contribution in [1.82, 2.24) is 15.1 Å². The van der Waals surface area contributed by atoms with Crippen LogP contribution in [0.3, 0.4) is 0 Å². The van der Waals surface area contributed by atoms with Gasteiger partial charge >= 0.3 is 0 Å². The molecule has 104 valence electrons. The Morgan fingerprint density at radius 1 is 1.17 bits per heavy atom. The molecule has 2 heterocycles. The molecule has 0 aliphatic carbocycles. The van der Waals surface area contributed by atoms with E-state index in [-0.39, 0.29) is 0 Å². The van der Waals surface area contributed by atoms with Crippen molar-refractivity contribution in [2.75, 3.05) is 46.3 Å². The zero-order chi connectivity index (χ0) is 12.8. The van der Waals surface area contributed by atoms with Crippen molar-refractivity contribution < 1.29 is 4.79 Å². The van der Waals surface area contributed by atoms with E-state index in [1.165, 1.54) is 45.2 Å². The monoisotopic (exact) mass is 253 g/mol. The molecule has 4 nitrogen and oxygen atoms in total. The molecular formula is C14H27N3O. The Hall–Kier alpha value is -0.610. The first kappa shape index (κ1) is 13.8. The van der Waals surface area contributed by atoms with Gasteiger partial charge in [-0.2, -0.15) is 0 Å². The maximum absolute atomic E-state index is 12.0. The summed E-state index contributed by atoms with van der Waals surface area (Å²) < 4.78 is 0. The fourth-order valence-electron chi connectivity index (χ4n) is 3.08. The molecule has 0 aromatic rings. The van der Waals surface area contributed by atoms with Crippen LogP contribution in [0.15, 0.2) is 0 Å². The average molecular weight is 253 g/mol. The third-order valence-corrected chi connectivity index (χ3v) is 4.14. The molecule has 18 heavy (non-hydrogen) atoms. The van der Waals surface area contributed by atoms with E-state index in [1.54, 1.807) is 0 Å². The average Bonchev–Trinajstić information content (AvgIpc) is 2.40. The van der Waals surface area contributed by atoms with Crippen LogP contribution in [0, 0.1) is 5.92 Å². The van der Waals surface area contributed by atoms with E-state index in [2.05, 4.69) is 17.3 Å². The SMILES string of the molecule is CN1CCCC(CNCC(=O)N2CCCCC2)C1. The molecule has 2 aliphatic rings.